The van der Waals surface area contributed by atoms with E-state index < -0.39 is 0 Å². The second-order valence-electron chi connectivity index (χ2n) is 5.49. The first-order valence-electron chi connectivity index (χ1n) is 7.73. The van der Waals surface area contributed by atoms with E-state index in [1.54, 1.807) is 11.3 Å². The van der Waals surface area contributed by atoms with E-state index in [1.165, 1.54) is 16.3 Å². The van der Waals surface area contributed by atoms with Crippen LogP contribution in [0, 0.1) is 0 Å². The Morgan fingerprint density at radius 3 is 2.74 bits per heavy atom. The number of nitrogens with zero attached hydrogens (tertiary/aromatic N) is 2. The molecule has 0 spiro atoms. The highest BCUT2D eigenvalue weighted by Crippen LogP contribution is 2.31. The Hall–Kier alpha value is -2.52. The number of hydrogen-bond acceptors (Lipinski definition) is 3. The SMILES string of the molecule is CCc1ccncc1-c1nc(-c2ccc3ccccc3c2)cs1. The molecule has 0 bridgehead atoms. The zero-order valence-electron chi connectivity index (χ0n) is 12.9. The molecule has 4 rings (SSSR count). The standard InChI is InChI=1S/C20H16N2S/c1-2-14-9-10-21-12-18(14)20-22-19(13-23-20)17-8-7-15-5-3-4-6-16(15)11-17/h3-13H,2H2,1H3. The molecule has 2 heterocycles. The highest BCUT2D eigenvalue weighted by atomic mass is 32.1. The second-order valence-corrected chi connectivity index (χ2v) is 6.34. The van der Waals surface area contributed by atoms with Crippen molar-refractivity contribution < 1.29 is 0 Å². The number of fused-ring (bicyclic) bond motifs is 1. The first-order chi connectivity index (χ1) is 11.3. The molecular formula is C20H16N2S. The average molecular weight is 316 g/mol. The third kappa shape index (κ3) is 2.64. The van der Waals surface area contributed by atoms with Crippen LogP contribution in [0.5, 0.6) is 0 Å². The summed E-state index contributed by atoms with van der Waals surface area (Å²) in [6.45, 7) is 2.16. The molecule has 0 radical (unpaired) electrons. The van der Waals surface area contributed by atoms with Crippen LogP contribution in [0.2, 0.25) is 0 Å². The van der Waals surface area contributed by atoms with Crippen molar-refractivity contribution in [2.75, 3.05) is 0 Å². The number of aryl methyl sites for hydroxylation is 1. The van der Waals surface area contributed by atoms with Crippen molar-refractivity contribution in [3.8, 4) is 21.8 Å². The van der Waals surface area contributed by atoms with E-state index >= 15 is 0 Å². The van der Waals surface area contributed by atoms with Crippen LogP contribution in [0.3, 0.4) is 0 Å². The van der Waals surface area contributed by atoms with E-state index in [4.69, 9.17) is 4.98 Å². The summed E-state index contributed by atoms with van der Waals surface area (Å²) in [5.41, 5.74) is 4.63. The largest absolute Gasteiger partial charge is 0.264 e. The molecule has 2 nitrogen and oxygen atoms in total. The fraction of sp³-hybridized carbons (Fsp3) is 0.100. The molecule has 0 aliphatic rings. The fourth-order valence-corrected chi connectivity index (χ4v) is 3.68. The Morgan fingerprint density at radius 2 is 1.87 bits per heavy atom. The lowest BCUT2D eigenvalue weighted by molar-refractivity contribution is 1.12. The molecule has 0 atom stereocenters. The van der Waals surface area contributed by atoms with Gasteiger partial charge in [0.1, 0.15) is 5.01 Å². The van der Waals surface area contributed by atoms with Gasteiger partial charge in [-0.1, -0.05) is 43.3 Å². The minimum Gasteiger partial charge on any atom is -0.264 e. The van der Waals surface area contributed by atoms with Crippen LogP contribution >= 0.6 is 11.3 Å². The fourth-order valence-electron chi connectivity index (χ4n) is 2.80. The molecule has 0 saturated carbocycles. The lowest BCUT2D eigenvalue weighted by Gasteiger charge is -2.03. The highest BCUT2D eigenvalue weighted by molar-refractivity contribution is 7.13. The van der Waals surface area contributed by atoms with Crippen molar-refractivity contribution in [3.63, 3.8) is 0 Å². The molecular weight excluding hydrogens is 300 g/mol. The van der Waals surface area contributed by atoms with Crippen molar-refractivity contribution in [1.82, 2.24) is 9.97 Å². The molecule has 0 unspecified atom stereocenters. The Kier molecular flexibility index (Phi) is 3.64. The maximum absolute atomic E-state index is 4.84. The topological polar surface area (TPSA) is 25.8 Å². The van der Waals surface area contributed by atoms with E-state index in [0.29, 0.717) is 0 Å². The summed E-state index contributed by atoms with van der Waals surface area (Å²) >= 11 is 1.68. The minimum absolute atomic E-state index is 0.989. The van der Waals surface area contributed by atoms with Gasteiger partial charge in [0, 0.05) is 28.9 Å². The summed E-state index contributed by atoms with van der Waals surface area (Å²) in [4.78, 5) is 9.10. The van der Waals surface area contributed by atoms with E-state index in [1.807, 2.05) is 12.4 Å². The Bertz CT molecular complexity index is 972. The molecule has 2 aromatic carbocycles. The lowest BCUT2D eigenvalue weighted by atomic mass is 10.1. The van der Waals surface area contributed by atoms with Crippen LogP contribution in [0.4, 0.5) is 0 Å². The third-order valence-corrected chi connectivity index (χ3v) is 4.95. The van der Waals surface area contributed by atoms with E-state index in [9.17, 15) is 0 Å². The first-order valence-corrected chi connectivity index (χ1v) is 8.61. The van der Waals surface area contributed by atoms with Gasteiger partial charge in [-0.2, -0.15) is 0 Å². The lowest BCUT2D eigenvalue weighted by Crippen LogP contribution is -1.88. The van der Waals surface area contributed by atoms with Gasteiger partial charge < -0.3 is 0 Å². The smallest absolute Gasteiger partial charge is 0.125 e. The van der Waals surface area contributed by atoms with Gasteiger partial charge in [-0.3, -0.25) is 4.98 Å². The molecule has 0 aliphatic heterocycles. The van der Waals surface area contributed by atoms with Crippen LogP contribution in [-0.4, -0.2) is 9.97 Å². The van der Waals surface area contributed by atoms with Gasteiger partial charge in [-0.25, -0.2) is 4.98 Å². The maximum Gasteiger partial charge on any atom is 0.125 e. The van der Waals surface area contributed by atoms with Crippen LogP contribution in [0.25, 0.3) is 32.6 Å². The van der Waals surface area contributed by atoms with Crippen LogP contribution in [0.15, 0.2) is 66.3 Å². The molecule has 0 saturated heterocycles. The number of thiazole rings is 1. The Labute approximate surface area is 139 Å². The van der Waals surface area contributed by atoms with E-state index in [2.05, 4.69) is 65.8 Å². The zero-order chi connectivity index (χ0) is 15.6. The van der Waals surface area contributed by atoms with Crippen LogP contribution in [-0.2, 0) is 6.42 Å². The third-order valence-electron chi connectivity index (χ3n) is 4.07. The second kappa shape index (κ2) is 5.94. The number of aromatic nitrogens is 2. The number of pyridine rings is 1. The Balaban J connectivity index is 1.77. The summed E-state index contributed by atoms with van der Waals surface area (Å²) in [5, 5.41) is 5.67. The van der Waals surface area contributed by atoms with Gasteiger partial charge in [0.25, 0.3) is 0 Å². The molecule has 0 fully saturated rings. The van der Waals surface area contributed by atoms with Crippen molar-refractivity contribution in [1.29, 1.82) is 0 Å². The highest BCUT2D eigenvalue weighted by Gasteiger charge is 2.10. The Morgan fingerprint density at radius 1 is 1.00 bits per heavy atom. The van der Waals surface area contributed by atoms with Crippen molar-refractivity contribution >= 4 is 22.1 Å². The molecule has 4 aromatic rings. The van der Waals surface area contributed by atoms with E-state index in [-0.39, 0.29) is 0 Å². The predicted molar refractivity (Wildman–Crippen MR) is 97.7 cm³/mol. The molecule has 2 aromatic heterocycles. The molecule has 0 N–H and O–H groups in total. The van der Waals surface area contributed by atoms with Gasteiger partial charge in [0.05, 0.1) is 5.69 Å². The average Bonchev–Trinajstić information content (AvgIpc) is 3.11. The van der Waals surface area contributed by atoms with Crippen LogP contribution < -0.4 is 0 Å². The van der Waals surface area contributed by atoms with Crippen molar-refractivity contribution in [3.05, 3.63) is 71.9 Å². The summed E-state index contributed by atoms with van der Waals surface area (Å²) < 4.78 is 0. The van der Waals surface area contributed by atoms with Crippen LogP contribution in [0.1, 0.15) is 12.5 Å². The molecule has 3 heteroatoms. The summed E-state index contributed by atoms with van der Waals surface area (Å²) in [6, 6.07) is 17.0. The maximum atomic E-state index is 4.84. The molecule has 23 heavy (non-hydrogen) atoms. The van der Waals surface area contributed by atoms with Crippen molar-refractivity contribution in [2.24, 2.45) is 0 Å². The number of benzene rings is 2. The molecule has 0 amide bonds. The zero-order valence-corrected chi connectivity index (χ0v) is 13.7. The molecule has 0 aliphatic carbocycles. The van der Waals surface area contributed by atoms with Gasteiger partial charge in [-0.05, 0) is 34.9 Å². The monoisotopic (exact) mass is 316 g/mol. The van der Waals surface area contributed by atoms with Gasteiger partial charge in [0.15, 0.2) is 0 Å². The van der Waals surface area contributed by atoms with Gasteiger partial charge in [-0.15, -0.1) is 11.3 Å². The van der Waals surface area contributed by atoms with E-state index in [0.717, 1.165) is 28.2 Å². The molecule has 112 valence electrons. The number of hydrogen-bond donors (Lipinski definition) is 0. The normalized spacial score (nSPS) is 11.0. The summed E-state index contributed by atoms with van der Waals surface area (Å²) in [5.74, 6) is 0. The number of rotatable bonds is 3. The van der Waals surface area contributed by atoms with Gasteiger partial charge in [0.2, 0.25) is 0 Å². The predicted octanol–water partition coefficient (Wildman–Crippen LogP) is 5.59. The van der Waals surface area contributed by atoms with Gasteiger partial charge >= 0.3 is 0 Å². The van der Waals surface area contributed by atoms with Crippen molar-refractivity contribution in [2.45, 2.75) is 13.3 Å². The summed E-state index contributed by atoms with van der Waals surface area (Å²) in [7, 11) is 0. The summed E-state index contributed by atoms with van der Waals surface area (Å²) in [6.07, 6.45) is 4.75. The minimum atomic E-state index is 0.989. The first kappa shape index (κ1) is 14.1. The quantitative estimate of drug-likeness (QED) is 0.492.